The number of rotatable bonds is 6. The summed E-state index contributed by atoms with van der Waals surface area (Å²) in [6, 6.07) is 13.4. The maximum absolute atomic E-state index is 13.8. The fraction of sp³-hybridized carbons (Fsp3) is 0.500. The second-order valence-electron chi connectivity index (χ2n) is 9.41. The number of nitrogens with zero attached hydrogens (tertiary/aromatic N) is 1. The Morgan fingerprint density at radius 2 is 1.67 bits per heavy atom. The van der Waals surface area contributed by atoms with Crippen LogP contribution in [0.15, 0.2) is 47.4 Å². The van der Waals surface area contributed by atoms with Crippen LogP contribution in [0.1, 0.15) is 49.7 Å². The molecule has 2 aromatic carbocycles. The van der Waals surface area contributed by atoms with Crippen LogP contribution >= 0.6 is 0 Å². The van der Waals surface area contributed by atoms with E-state index in [9.17, 15) is 13.2 Å². The van der Waals surface area contributed by atoms with Gasteiger partial charge in [-0.1, -0.05) is 25.0 Å². The van der Waals surface area contributed by atoms with Gasteiger partial charge in [0.2, 0.25) is 5.91 Å². The van der Waals surface area contributed by atoms with Crippen molar-refractivity contribution in [1.29, 1.82) is 0 Å². The highest BCUT2D eigenvalue weighted by molar-refractivity contribution is 7.93. The Kier molecular flexibility index (Phi) is 6.71. The summed E-state index contributed by atoms with van der Waals surface area (Å²) >= 11 is 0. The van der Waals surface area contributed by atoms with E-state index >= 15 is 0 Å². The lowest BCUT2D eigenvalue weighted by Crippen LogP contribution is -2.55. The third-order valence-corrected chi connectivity index (χ3v) is 9.88. The van der Waals surface area contributed by atoms with Gasteiger partial charge in [-0.3, -0.25) is 4.79 Å². The molecule has 178 valence electrons. The molecule has 2 aromatic rings. The zero-order valence-electron chi connectivity index (χ0n) is 19.8. The highest BCUT2D eigenvalue weighted by Crippen LogP contribution is 2.42. The molecule has 7 heteroatoms. The molecule has 1 heterocycles. The zero-order chi connectivity index (χ0) is 23.6. The van der Waals surface area contributed by atoms with Crippen LogP contribution in [0.3, 0.4) is 0 Å². The van der Waals surface area contributed by atoms with E-state index in [0.29, 0.717) is 23.3 Å². The predicted octanol–water partition coefficient (Wildman–Crippen LogP) is 4.18. The van der Waals surface area contributed by atoms with E-state index in [4.69, 9.17) is 4.74 Å². The number of aryl methyl sites for hydroxylation is 2. The van der Waals surface area contributed by atoms with Gasteiger partial charge in [0.25, 0.3) is 0 Å². The first-order valence-electron chi connectivity index (χ1n) is 11.8. The van der Waals surface area contributed by atoms with E-state index in [0.717, 1.165) is 55.8 Å². The zero-order valence-corrected chi connectivity index (χ0v) is 20.6. The van der Waals surface area contributed by atoms with Crippen LogP contribution in [0.4, 0.5) is 5.69 Å². The number of carbonyl (C=O) groups is 1. The number of benzene rings is 2. The number of sulfone groups is 1. The highest BCUT2D eigenvalue weighted by Gasteiger charge is 2.53. The number of hydrogen-bond donors (Lipinski definition) is 1. The SMILES string of the molecule is COc1ccc(N2CCC(NC(=O)C3(S(=O)(=O)c4cc(C)ccc4C)CCCC3)CC2)cc1. The quantitative estimate of drug-likeness (QED) is 0.685. The summed E-state index contributed by atoms with van der Waals surface area (Å²) in [6.45, 7) is 5.32. The Labute approximate surface area is 197 Å². The molecule has 4 rings (SSSR count). The molecule has 0 bridgehead atoms. The van der Waals surface area contributed by atoms with Crippen molar-refractivity contribution in [2.75, 3.05) is 25.1 Å². The van der Waals surface area contributed by atoms with Crippen molar-refractivity contribution >= 4 is 21.4 Å². The van der Waals surface area contributed by atoms with Crippen LogP contribution in [0.5, 0.6) is 5.75 Å². The summed E-state index contributed by atoms with van der Waals surface area (Å²) in [5.41, 5.74) is 2.72. The topological polar surface area (TPSA) is 75.7 Å². The fourth-order valence-electron chi connectivity index (χ4n) is 5.16. The van der Waals surface area contributed by atoms with Crippen LogP contribution in [0.25, 0.3) is 0 Å². The van der Waals surface area contributed by atoms with Crippen molar-refractivity contribution in [2.24, 2.45) is 0 Å². The Hall–Kier alpha value is -2.54. The van der Waals surface area contributed by atoms with Gasteiger partial charge in [0.15, 0.2) is 14.6 Å². The van der Waals surface area contributed by atoms with Crippen LogP contribution in [0.2, 0.25) is 0 Å². The predicted molar refractivity (Wildman–Crippen MR) is 131 cm³/mol. The molecule has 0 atom stereocenters. The second-order valence-corrected chi connectivity index (χ2v) is 11.6. The van der Waals surface area contributed by atoms with E-state index in [-0.39, 0.29) is 11.9 Å². The second kappa shape index (κ2) is 9.37. The van der Waals surface area contributed by atoms with E-state index < -0.39 is 14.6 Å². The van der Waals surface area contributed by atoms with Gasteiger partial charge in [-0.05, 0) is 81.0 Å². The number of hydrogen-bond acceptors (Lipinski definition) is 5. The molecule has 1 aliphatic heterocycles. The molecule has 1 saturated carbocycles. The first-order valence-corrected chi connectivity index (χ1v) is 13.3. The normalized spacial score (nSPS) is 18.8. The Morgan fingerprint density at radius 3 is 2.27 bits per heavy atom. The lowest BCUT2D eigenvalue weighted by Gasteiger charge is -2.36. The molecule has 33 heavy (non-hydrogen) atoms. The number of ether oxygens (including phenoxy) is 1. The van der Waals surface area contributed by atoms with E-state index in [2.05, 4.69) is 10.2 Å². The number of piperidine rings is 1. The number of carbonyl (C=O) groups excluding carboxylic acids is 1. The Bertz CT molecular complexity index is 1100. The summed E-state index contributed by atoms with van der Waals surface area (Å²) in [4.78, 5) is 16.1. The average molecular weight is 471 g/mol. The van der Waals surface area contributed by atoms with Crippen molar-refractivity contribution in [1.82, 2.24) is 5.32 Å². The molecular weight excluding hydrogens is 436 g/mol. The lowest BCUT2D eigenvalue weighted by atomic mass is 10.0. The molecule has 1 N–H and O–H groups in total. The van der Waals surface area contributed by atoms with Crippen molar-refractivity contribution in [3.05, 3.63) is 53.6 Å². The van der Waals surface area contributed by atoms with Gasteiger partial charge in [0.1, 0.15) is 5.75 Å². The van der Waals surface area contributed by atoms with Gasteiger partial charge in [0, 0.05) is 24.8 Å². The maximum atomic E-state index is 13.8. The maximum Gasteiger partial charge on any atom is 0.242 e. The van der Waals surface area contributed by atoms with Gasteiger partial charge in [-0.25, -0.2) is 8.42 Å². The summed E-state index contributed by atoms with van der Waals surface area (Å²) in [6.07, 6.45) is 3.87. The largest absolute Gasteiger partial charge is 0.497 e. The minimum absolute atomic E-state index is 0.0155. The molecule has 0 aromatic heterocycles. The molecule has 0 spiro atoms. The van der Waals surface area contributed by atoms with Crippen molar-refractivity contribution in [3.63, 3.8) is 0 Å². The molecule has 2 fully saturated rings. The summed E-state index contributed by atoms with van der Waals surface area (Å²) in [7, 11) is -2.14. The van der Waals surface area contributed by atoms with Crippen LogP contribution in [-0.4, -0.2) is 45.3 Å². The number of nitrogens with one attached hydrogen (secondary N) is 1. The van der Waals surface area contributed by atoms with Gasteiger partial charge < -0.3 is 15.0 Å². The van der Waals surface area contributed by atoms with Gasteiger partial charge in [-0.15, -0.1) is 0 Å². The first-order chi connectivity index (χ1) is 15.8. The van der Waals surface area contributed by atoms with Gasteiger partial charge in [0.05, 0.1) is 12.0 Å². The smallest absolute Gasteiger partial charge is 0.242 e. The van der Waals surface area contributed by atoms with Crippen molar-refractivity contribution in [2.45, 2.75) is 68.1 Å². The van der Waals surface area contributed by atoms with Gasteiger partial charge >= 0.3 is 0 Å². The minimum Gasteiger partial charge on any atom is -0.497 e. The van der Waals surface area contributed by atoms with E-state index in [1.807, 2.05) is 50.2 Å². The highest BCUT2D eigenvalue weighted by atomic mass is 32.2. The van der Waals surface area contributed by atoms with Crippen LogP contribution in [-0.2, 0) is 14.6 Å². The molecule has 1 amide bonds. The number of amides is 1. The summed E-state index contributed by atoms with van der Waals surface area (Å²) < 4.78 is 31.5. The van der Waals surface area contributed by atoms with Gasteiger partial charge in [-0.2, -0.15) is 0 Å². The third kappa shape index (κ3) is 4.47. The molecule has 1 saturated heterocycles. The fourth-order valence-corrected chi connectivity index (χ4v) is 7.55. The minimum atomic E-state index is -3.80. The standard InChI is InChI=1S/C26H34N2O4S/c1-19-6-7-20(2)24(18-19)33(30,31)26(14-4-5-15-26)25(29)27-21-12-16-28(17-13-21)22-8-10-23(32-3)11-9-22/h6-11,18,21H,4-5,12-17H2,1-3H3,(H,27,29). The van der Waals surface area contributed by atoms with Crippen molar-refractivity contribution in [3.8, 4) is 5.75 Å². The summed E-state index contributed by atoms with van der Waals surface area (Å²) in [5, 5.41) is 3.14. The number of anilines is 1. The Morgan fingerprint density at radius 1 is 1.03 bits per heavy atom. The lowest BCUT2D eigenvalue weighted by molar-refractivity contribution is -0.124. The van der Waals surface area contributed by atoms with E-state index in [1.54, 1.807) is 13.2 Å². The molecular formula is C26H34N2O4S. The van der Waals surface area contributed by atoms with E-state index in [1.165, 1.54) is 0 Å². The molecule has 6 nitrogen and oxygen atoms in total. The third-order valence-electron chi connectivity index (χ3n) is 7.24. The summed E-state index contributed by atoms with van der Waals surface area (Å²) in [5.74, 6) is 0.511. The molecule has 2 aliphatic rings. The molecule has 1 aliphatic carbocycles. The Balaban J connectivity index is 1.48. The molecule has 0 radical (unpaired) electrons. The number of methoxy groups -OCH3 is 1. The van der Waals surface area contributed by atoms with Crippen LogP contribution in [0, 0.1) is 13.8 Å². The van der Waals surface area contributed by atoms with Crippen LogP contribution < -0.4 is 15.0 Å². The van der Waals surface area contributed by atoms with Crippen molar-refractivity contribution < 1.29 is 17.9 Å². The first kappa shape index (κ1) is 23.6. The monoisotopic (exact) mass is 470 g/mol. The average Bonchev–Trinajstić information content (AvgIpc) is 3.33. The molecule has 0 unspecified atom stereocenters.